The van der Waals surface area contributed by atoms with E-state index in [1.807, 2.05) is 19.1 Å². The van der Waals surface area contributed by atoms with Crippen LogP contribution in [0.4, 0.5) is 5.69 Å². The molecule has 0 aliphatic rings. The number of hydrogen-bond donors (Lipinski definition) is 1. The number of rotatable bonds is 8. The van der Waals surface area contributed by atoms with Gasteiger partial charge in [-0.15, -0.1) is 0 Å². The van der Waals surface area contributed by atoms with Crippen LogP contribution in [0.5, 0.6) is 11.5 Å². The minimum atomic E-state index is -0.767. The highest BCUT2D eigenvalue weighted by Gasteiger charge is 2.27. The molecule has 0 fully saturated rings. The molecule has 7 heteroatoms. The van der Waals surface area contributed by atoms with E-state index in [0.717, 1.165) is 5.56 Å². The van der Waals surface area contributed by atoms with Crippen molar-refractivity contribution in [3.63, 3.8) is 0 Å². The number of Topliss-reactive ketones (excluding diaryl/α,β-unsaturated/α-hetero) is 1. The van der Waals surface area contributed by atoms with Crippen LogP contribution in [-0.4, -0.2) is 32.6 Å². The molecule has 0 aromatic heterocycles. The number of ketones is 1. The molecule has 0 aliphatic heterocycles. The number of hydrogen-bond acceptors (Lipinski definition) is 6. The highest BCUT2D eigenvalue weighted by molar-refractivity contribution is 6.34. The van der Waals surface area contributed by atoms with Gasteiger partial charge in [-0.05, 0) is 37.6 Å². The lowest BCUT2D eigenvalue weighted by molar-refractivity contribution is -0.138. The van der Waals surface area contributed by atoms with Gasteiger partial charge in [0.2, 0.25) is 5.78 Å². The lowest BCUT2D eigenvalue weighted by atomic mass is 10.0. The summed E-state index contributed by atoms with van der Waals surface area (Å²) in [5, 5.41) is 3.41. The second-order valence-corrected chi connectivity index (χ2v) is 6.10. The summed E-state index contributed by atoms with van der Waals surface area (Å²) in [5.41, 5.74) is 1.34. The number of carbonyl (C=O) groups excluding carboxylic acids is 2. The van der Waals surface area contributed by atoms with Crippen LogP contribution in [-0.2, 0) is 9.53 Å². The van der Waals surface area contributed by atoms with E-state index in [1.54, 1.807) is 31.2 Å². The number of carbonyl (C=O) groups is 2. The molecule has 1 N–H and O–H groups in total. The molecule has 2 aromatic carbocycles. The third kappa shape index (κ3) is 4.64. The smallest absolute Gasteiger partial charge is 0.343 e. The quantitative estimate of drug-likeness (QED) is 0.231. The number of halogens is 1. The van der Waals surface area contributed by atoms with E-state index in [2.05, 4.69) is 5.32 Å². The van der Waals surface area contributed by atoms with Gasteiger partial charge in [-0.1, -0.05) is 29.8 Å². The van der Waals surface area contributed by atoms with Gasteiger partial charge in [0.1, 0.15) is 22.6 Å². The van der Waals surface area contributed by atoms with Crippen molar-refractivity contribution in [1.29, 1.82) is 0 Å². The first kappa shape index (κ1) is 21.3. The molecule has 0 radical (unpaired) electrons. The second kappa shape index (κ2) is 9.80. The maximum Gasteiger partial charge on any atom is 0.343 e. The van der Waals surface area contributed by atoms with E-state index in [-0.39, 0.29) is 29.2 Å². The number of ether oxygens (including phenoxy) is 3. The molecule has 0 heterocycles. The zero-order valence-electron chi connectivity index (χ0n) is 16.2. The maximum atomic E-state index is 13.2. The van der Waals surface area contributed by atoms with Crippen LogP contribution in [0.25, 0.3) is 0 Å². The number of aryl methyl sites for hydroxylation is 1. The molecule has 0 saturated heterocycles. The SMILES string of the molecule is CCOC(=O)/C(=C\Nc1cccc(C)c1Cl)C(=O)c1c(OC)cccc1OC. The first-order valence-corrected chi connectivity index (χ1v) is 8.97. The van der Waals surface area contributed by atoms with Gasteiger partial charge in [0.05, 0.1) is 31.5 Å². The summed E-state index contributed by atoms with van der Waals surface area (Å²) in [7, 11) is 2.87. The van der Waals surface area contributed by atoms with Gasteiger partial charge in [0.15, 0.2) is 0 Å². The third-order valence-corrected chi connectivity index (χ3v) is 4.46. The summed E-state index contributed by atoms with van der Waals surface area (Å²) in [6.45, 7) is 3.64. The largest absolute Gasteiger partial charge is 0.496 e. The van der Waals surface area contributed by atoms with Crippen molar-refractivity contribution >= 4 is 29.0 Å². The average molecular weight is 404 g/mol. The Kier molecular flexibility index (Phi) is 7.46. The van der Waals surface area contributed by atoms with Gasteiger partial charge in [-0.25, -0.2) is 4.79 Å². The normalized spacial score (nSPS) is 11.0. The van der Waals surface area contributed by atoms with Crippen LogP contribution in [0.15, 0.2) is 48.2 Å². The van der Waals surface area contributed by atoms with Gasteiger partial charge in [0.25, 0.3) is 0 Å². The van der Waals surface area contributed by atoms with Gasteiger partial charge >= 0.3 is 5.97 Å². The zero-order chi connectivity index (χ0) is 20.7. The van der Waals surface area contributed by atoms with E-state index in [0.29, 0.717) is 10.7 Å². The molecule has 0 aliphatic carbocycles. The molecule has 0 bridgehead atoms. The number of esters is 1. The highest BCUT2D eigenvalue weighted by Crippen LogP contribution is 2.31. The molecule has 0 atom stereocenters. The van der Waals surface area contributed by atoms with Crippen molar-refractivity contribution in [3.05, 3.63) is 64.3 Å². The summed E-state index contributed by atoms with van der Waals surface area (Å²) < 4.78 is 15.6. The molecule has 28 heavy (non-hydrogen) atoms. The van der Waals surface area contributed by atoms with Crippen molar-refractivity contribution in [2.24, 2.45) is 0 Å². The average Bonchev–Trinajstić information content (AvgIpc) is 2.70. The van der Waals surface area contributed by atoms with E-state index < -0.39 is 11.8 Å². The molecule has 2 rings (SSSR count). The molecule has 0 saturated carbocycles. The molecule has 0 spiro atoms. The van der Waals surface area contributed by atoms with E-state index in [1.165, 1.54) is 20.4 Å². The van der Waals surface area contributed by atoms with Gasteiger partial charge in [-0.3, -0.25) is 4.79 Å². The van der Waals surface area contributed by atoms with Crippen LogP contribution in [0.1, 0.15) is 22.8 Å². The van der Waals surface area contributed by atoms with E-state index >= 15 is 0 Å². The molecule has 148 valence electrons. The Labute approximate surface area is 169 Å². The van der Waals surface area contributed by atoms with Crippen LogP contribution in [0.3, 0.4) is 0 Å². The minimum Gasteiger partial charge on any atom is -0.496 e. The highest BCUT2D eigenvalue weighted by atomic mass is 35.5. The van der Waals surface area contributed by atoms with Gasteiger partial charge in [0, 0.05) is 6.20 Å². The number of anilines is 1. The Balaban J connectivity index is 2.51. The fourth-order valence-electron chi connectivity index (χ4n) is 2.54. The third-order valence-electron chi connectivity index (χ3n) is 3.96. The minimum absolute atomic E-state index is 0.123. The number of methoxy groups -OCH3 is 2. The fourth-order valence-corrected chi connectivity index (χ4v) is 2.73. The molecule has 0 unspecified atom stereocenters. The zero-order valence-corrected chi connectivity index (χ0v) is 16.9. The van der Waals surface area contributed by atoms with Crippen LogP contribution in [0, 0.1) is 6.92 Å². The number of nitrogens with one attached hydrogen (secondary N) is 1. The van der Waals surface area contributed by atoms with Crippen molar-refractivity contribution in [1.82, 2.24) is 0 Å². The predicted molar refractivity (Wildman–Crippen MR) is 108 cm³/mol. The standard InChI is InChI=1S/C21H22ClNO5/c1-5-28-21(25)14(12-23-15-9-6-8-13(2)19(15)22)20(24)18-16(26-3)10-7-11-17(18)27-4/h6-12,23H,5H2,1-4H3/b14-12-. The van der Waals surface area contributed by atoms with Gasteiger partial charge < -0.3 is 19.5 Å². The summed E-state index contributed by atoms with van der Waals surface area (Å²) in [4.78, 5) is 25.7. The Morgan fingerprint density at radius 2 is 1.68 bits per heavy atom. The van der Waals surface area contributed by atoms with Crippen LogP contribution >= 0.6 is 11.6 Å². The topological polar surface area (TPSA) is 73.9 Å². The van der Waals surface area contributed by atoms with Crippen LogP contribution in [0.2, 0.25) is 5.02 Å². The van der Waals surface area contributed by atoms with Gasteiger partial charge in [-0.2, -0.15) is 0 Å². The van der Waals surface area contributed by atoms with Crippen LogP contribution < -0.4 is 14.8 Å². The monoisotopic (exact) mass is 403 g/mol. The lowest BCUT2D eigenvalue weighted by Crippen LogP contribution is -2.19. The van der Waals surface area contributed by atoms with E-state index in [9.17, 15) is 9.59 Å². The predicted octanol–water partition coefficient (Wildman–Crippen LogP) is 4.41. The summed E-state index contributed by atoms with van der Waals surface area (Å²) in [5.74, 6) is -0.790. The van der Waals surface area contributed by atoms with E-state index in [4.69, 9.17) is 25.8 Å². The molecule has 0 amide bonds. The molecule has 6 nitrogen and oxygen atoms in total. The molecular formula is C21H22ClNO5. The van der Waals surface area contributed by atoms with Crippen molar-refractivity contribution in [3.8, 4) is 11.5 Å². The second-order valence-electron chi connectivity index (χ2n) is 5.73. The Bertz CT molecular complexity index is 885. The first-order valence-electron chi connectivity index (χ1n) is 8.59. The molecular weight excluding hydrogens is 382 g/mol. The number of benzene rings is 2. The Morgan fingerprint density at radius 1 is 1.07 bits per heavy atom. The Morgan fingerprint density at radius 3 is 2.25 bits per heavy atom. The summed E-state index contributed by atoms with van der Waals surface area (Å²) in [6.07, 6.45) is 1.28. The summed E-state index contributed by atoms with van der Waals surface area (Å²) in [6, 6.07) is 10.3. The fraction of sp³-hybridized carbons (Fsp3) is 0.238. The van der Waals surface area contributed by atoms with Crippen molar-refractivity contribution in [2.45, 2.75) is 13.8 Å². The Hall–Kier alpha value is -2.99. The van der Waals surface area contributed by atoms with Crippen molar-refractivity contribution < 1.29 is 23.8 Å². The summed E-state index contributed by atoms with van der Waals surface area (Å²) >= 11 is 6.28. The molecule has 2 aromatic rings. The first-order chi connectivity index (χ1) is 13.4. The van der Waals surface area contributed by atoms with Crippen molar-refractivity contribution in [2.75, 3.05) is 26.1 Å². The lowest BCUT2D eigenvalue weighted by Gasteiger charge is -2.14. The maximum absolute atomic E-state index is 13.2.